The molecule has 36 heavy (non-hydrogen) atoms. The van der Waals surface area contributed by atoms with Crippen LogP contribution in [0.4, 0.5) is 5.69 Å². The Kier molecular flexibility index (Phi) is 7.64. The van der Waals surface area contributed by atoms with Gasteiger partial charge in [0.25, 0.3) is 6.47 Å². The molecule has 4 heterocycles. The van der Waals surface area contributed by atoms with E-state index in [9.17, 15) is 14.7 Å². The lowest BCUT2D eigenvalue weighted by molar-refractivity contribution is -0.163. The van der Waals surface area contributed by atoms with Crippen molar-refractivity contribution in [3.63, 3.8) is 0 Å². The van der Waals surface area contributed by atoms with Crippen molar-refractivity contribution in [3.05, 3.63) is 57.4 Å². The Labute approximate surface area is 214 Å². The van der Waals surface area contributed by atoms with E-state index in [1.54, 1.807) is 7.05 Å². The van der Waals surface area contributed by atoms with Crippen molar-refractivity contribution < 1.29 is 28.7 Å². The highest BCUT2D eigenvalue weighted by Crippen LogP contribution is 2.38. The Hall–Kier alpha value is -3.79. The van der Waals surface area contributed by atoms with Crippen LogP contribution in [0.5, 0.6) is 0 Å². The van der Waals surface area contributed by atoms with Crippen LogP contribution in [0.1, 0.15) is 40.1 Å². The fourth-order valence-electron chi connectivity index (χ4n) is 3.29. The van der Waals surface area contributed by atoms with Crippen LogP contribution in [-0.2, 0) is 24.5 Å². The normalized spacial score (nSPS) is 14.4. The van der Waals surface area contributed by atoms with Gasteiger partial charge in [-0.05, 0) is 31.3 Å². The number of nitrogens with zero attached hydrogens (tertiary/aromatic N) is 3. The van der Waals surface area contributed by atoms with Gasteiger partial charge in [-0.1, -0.05) is 58.2 Å². The molecule has 186 valence electrons. The highest BCUT2D eigenvalue weighted by molar-refractivity contribution is 7.26. The predicted octanol–water partition coefficient (Wildman–Crippen LogP) is 3.76. The fourth-order valence-corrected chi connectivity index (χ4v) is 5.34. The molecule has 0 amide bonds. The second kappa shape index (κ2) is 10.9. The number of aryl methyl sites for hydroxylation is 1. The molecule has 0 radical (unpaired) electrons. The van der Waals surface area contributed by atoms with Gasteiger partial charge in [-0.2, -0.15) is 0 Å². The number of benzene rings is 1. The number of rotatable bonds is 6. The standard InChI is InChI=1S/C15H12N4O4S2.C9H10O2/c1-7-10(16-2)8(23-19-7)3-4-9-17-11-12(24-9)18-13(25-11)15(14(20)21)5-22-6-15;1-8(11-7-10)9-5-3-2-4-6-9/h16H,5-6H2,1-2H3,(H,20,21);2-8H,1H3. The van der Waals surface area contributed by atoms with Gasteiger partial charge in [0.2, 0.25) is 5.76 Å². The quantitative estimate of drug-likeness (QED) is 0.282. The summed E-state index contributed by atoms with van der Waals surface area (Å²) in [4.78, 5) is 31.7. The molecule has 1 saturated heterocycles. The lowest BCUT2D eigenvalue weighted by Crippen LogP contribution is -2.52. The van der Waals surface area contributed by atoms with Crippen molar-refractivity contribution in [2.45, 2.75) is 25.4 Å². The van der Waals surface area contributed by atoms with Crippen LogP contribution in [0, 0.1) is 18.8 Å². The Morgan fingerprint density at radius 1 is 1.22 bits per heavy atom. The number of thiazole rings is 2. The summed E-state index contributed by atoms with van der Waals surface area (Å²) >= 11 is 2.59. The van der Waals surface area contributed by atoms with Crippen molar-refractivity contribution in [2.75, 3.05) is 25.6 Å². The number of carboxylic acids is 1. The molecule has 1 unspecified atom stereocenters. The van der Waals surface area contributed by atoms with E-state index in [1.165, 1.54) is 22.7 Å². The zero-order valence-electron chi connectivity index (χ0n) is 19.6. The van der Waals surface area contributed by atoms with Crippen LogP contribution >= 0.6 is 22.7 Å². The molecule has 12 heteroatoms. The number of carboxylic acid groups (broad SMARTS) is 1. The monoisotopic (exact) mass is 526 g/mol. The van der Waals surface area contributed by atoms with E-state index in [0.717, 1.165) is 16.9 Å². The molecule has 0 spiro atoms. The predicted molar refractivity (Wildman–Crippen MR) is 134 cm³/mol. The summed E-state index contributed by atoms with van der Waals surface area (Å²) in [6, 6.07) is 9.61. The highest BCUT2D eigenvalue weighted by Gasteiger charge is 2.50. The Morgan fingerprint density at radius 3 is 2.53 bits per heavy atom. The van der Waals surface area contributed by atoms with Crippen molar-refractivity contribution in [3.8, 4) is 11.8 Å². The number of hydrogen-bond donors (Lipinski definition) is 2. The first-order valence-corrected chi connectivity index (χ1v) is 12.4. The first kappa shape index (κ1) is 25.3. The second-order valence-electron chi connectivity index (χ2n) is 7.79. The van der Waals surface area contributed by atoms with Crippen LogP contribution in [0.25, 0.3) is 9.66 Å². The van der Waals surface area contributed by atoms with Gasteiger partial charge in [-0.3, -0.25) is 9.59 Å². The zero-order valence-corrected chi connectivity index (χ0v) is 21.2. The Morgan fingerprint density at radius 2 is 1.94 bits per heavy atom. The number of nitrogens with one attached hydrogen (secondary N) is 1. The molecular weight excluding hydrogens is 504 g/mol. The minimum atomic E-state index is -1.03. The molecule has 1 aliphatic heterocycles. The molecule has 4 aromatic rings. The van der Waals surface area contributed by atoms with Gasteiger partial charge in [0.1, 0.15) is 22.5 Å². The molecule has 0 aliphatic carbocycles. The fraction of sp³-hybridized carbons (Fsp3) is 0.292. The molecule has 10 nitrogen and oxygen atoms in total. The van der Waals surface area contributed by atoms with Gasteiger partial charge in [0.15, 0.2) is 20.1 Å². The van der Waals surface area contributed by atoms with Crippen molar-refractivity contribution in [1.82, 2.24) is 15.1 Å². The van der Waals surface area contributed by atoms with E-state index in [2.05, 4.69) is 32.3 Å². The number of ether oxygens (including phenoxy) is 2. The van der Waals surface area contributed by atoms with Crippen LogP contribution in [0.3, 0.4) is 0 Å². The largest absolute Gasteiger partial charge is 0.480 e. The SMILES string of the molecule is CC(OC=O)c1ccccc1.CNc1c(C)noc1C#Cc1nc2sc(C3(C(=O)O)COC3)nc2s1. The van der Waals surface area contributed by atoms with Crippen LogP contribution in [0.15, 0.2) is 34.9 Å². The number of carbonyl (C=O) groups excluding carboxylic acids is 1. The molecule has 0 bridgehead atoms. The van der Waals surface area contributed by atoms with E-state index in [-0.39, 0.29) is 19.3 Å². The van der Waals surface area contributed by atoms with E-state index in [4.69, 9.17) is 14.0 Å². The minimum Gasteiger partial charge on any atom is -0.480 e. The maximum Gasteiger partial charge on any atom is 0.321 e. The summed E-state index contributed by atoms with van der Waals surface area (Å²) in [7, 11) is 1.78. The number of carbonyl (C=O) groups is 2. The highest BCUT2D eigenvalue weighted by atomic mass is 32.1. The number of hydrogen-bond acceptors (Lipinski definition) is 11. The van der Waals surface area contributed by atoms with Gasteiger partial charge in [-0.25, -0.2) is 9.97 Å². The average Bonchev–Trinajstić information content (AvgIpc) is 3.51. The molecule has 1 fully saturated rings. The number of aromatic nitrogens is 3. The number of aliphatic carboxylic acids is 1. The Balaban J connectivity index is 0.000000233. The third-order valence-electron chi connectivity index (χ3n) is 5.42. The topological polar surface area (TPSA) is 137 Å². The molecular formula is C24H22N4O6S2. The first-order valence-electron chi connectivity index (χ1n) is 10.8. The maximum absolute atomic E-state index is 11.5. The van der Waals surface area contributed by atoms with Crippen LogP contribution in [-0.4, -0.2) is 52.9 Å². The molecule has 1 atom stereocenters. The third-order valence-corrected chi connectivity index (χ3v) is 7.56. The average molecular weight is 527 g/mol. The molecule has 1 aliphatic rings. The number of fused-ring (bicyclic) bond motifs is 1. The molecule has 2 N–H and O–H groups in total. The summed E-state index contributed by atoms with van der Waals surface area (Å²) in [5, 5.41) is 17.4. The van der Waals surface area contributed by atoms with E-state index >= 15 is 0 Å². The van der Waals surface area contributed by atoms with Gasteiger partial charge in [0, 0.05) is 7.05 Å². The van der Waals surface area contributed by atoms with E-state index < -0.39 is 11.4 Å². The summed E-state index contributed by atoms with van der Waals surface area (Å²) in [6.07, 6.45) is -0.145. The number of anilines is 1. The van der Waals surface area contributed by atoms with E-state index in [1.807, 2.05) is 44.2 Å². The molecule has 1 aromatic carbocycles. The molecule has 3 aromatic heterocycles. The van der Waals surface area contributed by atoms with Crippen molar-refractivity contribution in [1.29, 1.82) is 0 Å². The van der Waals surface area contributed by atoms with Crippen LogP contribution < -0.4 is 5.32 Å². The lowest BCUT2D eigenvalue weighted by Gasteiger charge is -2.35. The van der Waals surface area contributed by atoms with Gasteiger partial charge < -0.3 is 24.4 Å². The molecule has 0 saturated carbocycles. The summed E-state index contributed by atoms with van der Waals surface area (Å²) < 4.78 is 15.0. The van der Waals surface area contributed by atoms with Gasteiger partial charge in [-0.15, -0.1) is 0 Å². The smallest absolute Gasteiger partial charge is 0.321 e. The lowest BCUT2D eigenvalue weighted by atomic mass is 9.87. The van der Waals surface area contributed by atoms with Crippen LogP contribution in [0.2, 0.25) is 0 Å². The summed E-state index contributed by atoms with van der Waals surface area (Å²) in [5.74, 6) is 5.38. The Bertz CT molecular complexity index is 1400. The summed E-state index contributed by atoms with van der Waals surface area (Å²) in [5.41, 5.74) is 1.47. The van der Waals surface area contributed by atoms with E-state index in [0.29, 0.717) is 31.9 Å². The van der Waals surface area contributed by atoms with Crippen molar-refractivity contribution >= 4 is 50.5 Å². The second-order valence-corrected chi connectivity index (χ2v) is 9.74. The minimum absolute atomic E-state index is 0.145. The van der Waals surface area contributed by atoms with Crippen molar-refractivity contribution in [2.24, 2.45) is 0 Å². The van der Waals surface area contributed by atoms with Gasteiger partial charge in [0.05, 0.1) is 13.2 Å². The third kappa shape index (κ3) is 5.08. The first-order chi connectivity index (χ1) is 17.4. The summed E-state index contributed by atoms with van der Waals surface area (Å²) in [6.45, 7) is 4.43. The van der Waals surface area contributed by atoms with Gasteiger partial charge >= 0.3 is 5.97 Å². The molecule has 5 rings (SSSR count). The zero-order chi connectivity index (χ0) is 25.7. The maximum atomic E-state index is 11.5.